The number of aliphatic hydroxyl groups is 1. The number of pyridine rings is 1. The Bertz CT molecular complexity index is 359. The molecule has 0 bridgehead atoms. The SMILES string of the molecule is CC1(C)C[C@H]([C@@H](O)c2cncc(F)c2)N1. The summed E-state index contributed by atoms with van der Waals surface area (Å²) in [6.45, 7) is 4.14. The second-order valence-electron chi connectivity index (χ2n) is 4.72. The van der Waals surface area contributed by atoms with E-state index in [4.69, 9.17) is 0 Å². The molecule has 1 aromatic heterocycles. The average molecular weight is 210 g/mol. The molecule has 0 radical (unpaired) electrons. The van der Waals surface area contributed by atoms with Crippen molar-refractivity contribution in [1.82, 2.24) is 10.3 Å². The summed E-state index contributed by atoms with van der Waals surface area (Å²) in [6.07, 6.45) is 2.83. The quantitative estimate of drug-likeness (QED) is 0.775. The molecule has 3 nitrogen and oxygen atoms in total. The van der Waals surface area contributed by atoms with Crippen LogP contribution in [-0.2, 0) is 0 Å². The summed E-state index contributed by atoms with van der Waals surface area (Å²) in [7, 11) is 0. The Hall–Kier alpha value is -1.00. The van der Waals surface area contributed by atoms with Gasteiger partial charge >= 0.3 is 0 Å². The van der Waals surface area contributed by atoms with E-state index in [-0.39, 0.29) is 11.6 Å². The van der Waals surface area contributed by atoms with E-state index in [9.17, 15) is 9.50 Å². The van der Waals surface area contributed by atoms with Crippen molar-refractivity contribution in [3.63, 3.8) is 0 Å². The van der Waals surface area contributed by atoms with Crippen LogP contribution < -0.4 is 5.32 Å². The van der Waals surface area contributed by atoms with Gasteiger partial charge in [-0.15, -0.1) is 0 Å². The number of halogens is 1. The van der Waals surface area contributed by atoms with Crippen LogP contribution >= 0.6 is 0 Å². The van der Waals surface area contributed by atoms with E-state index in [0.717, 1.165) is 12.6 Å². The van der Waals surface area contributed by atoms with Gasteiger partial charge in [-0.3, -0.25) is 4.98 Å². The van der Waals surface area contributed by atoms with Crippen LogP contribution in [0.5, 0.6) is 0 Å². The van der Waals surface area contributed by atoms with Crippen molar-refractivity contribution in [1.29, 1.82) is 0 Å². The molecule has 2 rings (SSSR count). The lowest BCUT2D eigenvalue weighted by molar-refractivity contribution is 0.0386. The van der Waals surface area contributed by atoms with E-state index in [1.54, 1.807) is 0 Å². The van der Waals surface area contributed by atoms with E-state index >= 15 is 0 Å². The molecule has 2 heterocycles. The van der Waals surface area contributed by atoms with Gasteiger partial charge < -0.3 is 10.4 Å². The van der Waals surface area contributed by atoms with Crippen LogP contribution in [0.15, 0.2) is 18.5 Å². The minimum absolute atomic E-state index is 0.00333. The molecule has 4 heteroatoms. The number of rotatable bonds is 2. The van der Waals surface area contributed by atoms with E-state index in [1.165, 1.54) is 12.3 Å². The van der Waals surface area contributed by atoms with Crippen molar-refractivity contribution in [3.8, 4) is 0 Å². The maximum absolute atomic E-state index is 12.9. The first-order valence-electron chi connectivity index (χ1n) is 5.04. The summed E-state index contributed by atoms with van der Waals surface area (Å²) in [6, 6.07) is 1.33. The maximum atomic E-state index is 12.9. The van der Waals surface area contributed by atoms with Gasteiger partial charge in [-0.2, -0.15) is 0 Å². The molecule has 1 aromatic rings. The third-order valence-electron chi connectivity index (χ3n) is 2.76. The maximum Gasteiger partial charge on any atom is 0.141 e. The monoisotopic (exact) mass is 210 g/mol. The predicted octanol–water partition coefficient (Wildman–Crippen LogP) is 1.39. The van der Waals surface area contributed by atoms with Gasteiger partial charge in [0.15, 0.2) is 0 Å². The number of nitrogens with one attached hydrogen (secondary N) is 1. The van der Waals surface area contributed by atoms with Crippen LogP contribution in [0, 0.1) is 5.82 Å². The lowest BCUT2D eigenvalue weighted by atomic mass is 9.81. The topological polar surface area (TPSA) is 45.2 Å². The minimum atomic E-state index is -0.679. The molecule has 0 aliphatic carbocycles. The standard InChI is InChI=1S/C11H15FN2O/c1-11(2)4-9(14-11)10(15)7-3-8(12)6-13-5-7/h3,5-6,9-10,14-15H,4H2,1-2H3/t9-,10+/m1/s1. The van der Waals surface area contributed by atoms with Gasteiger partial charge in [0, 0.05) is 23.3 Å². The Morgan fingerprint density at radius 3 is 2.80 bits per heavy atom. The number of hydrogen-bond donors (Lipinski definition) is 2. The van der Waals surface area contributed by atoms with E-state index in [1.807, 2.05) is 0 Å². The van der Waals surface area contributed by atoms with Crippen molar-refractivity contribution in [2.45, 2.75) is 38.0 Å². The predicted molar refractivity (Wildman–Crippen MR) is 54.8 cm³/mol. The number of aromatic nitrogens is 1. The first kappa shape index (κ1) is 10.5. The lowest BCUT2D eigenvalue weighted by Gasteiger charge is -2.46. The Labute approximate surface area is 88.3 Å². The number of aliphatic hydroxyl groups excluding tert-OH is 1. The molecule has 0 unspecified atom stereocenters. The van der Waals surface area contributed by atoms with Crippen LogP contribution in [0.25, 0.3) is 0 Å². The zero-order valence-electron chi connectivity index (χ0n) is 8.87. The van der Waals surface area contributed by atoms with E-state index in [2.05, 4.69) is 24.1 Å². The van der Waals surface area contributed by atoms with Crippen LogP contribution in [-0.4, -0.2) is 21.7 Å². The zero-order valence-corrected chi connectivity index (χ0v) is 8.87. The Morgan fingerprint density at radius 1 is 1.60 bits per heavy atom. The van der Waals surface area contributed by atoms with Crippen molar-refractivity contribution in [3.05, 3.63) is 29.8 Å². The van der Waals surface area contributed by atoms with Crippen molar-refractivity contribution in [2.24, 2.45) is 0 Å². The largest absolute Gasteiger partial charge is 0.387 e. The molecule has 82 valence electrons. The molecule has 0 spiro atoms. The first-order valence-corrected chi connectivity index (χ1v) is 5.04. The molecular formula is C11H15FN2O. The summed E-state index contributed by atoms with van der Waals surface area (Å²) in [5, 5.41) is 13.2. The molecule has 0 amide bonds. The van der Waals surface area contributed by atoms with Gasteiger partial charge in [-0.25, -0.2) is 4.39 Å². The fourth-order valence-corrected chi connectivity index (χ4v) is 2.04. The van der Waals surface area contributed by atoms with Crippen molar-refractivity contribution < 1.29 is 9.50 Å². The van der Waals surface area contributed by atoms with Gasteiger partial charge in [0.05, 0.1) is 12.3 Å². The second-order valence-corrected chi connectivity index (χ2v) is 4.72. The molecule has 1 fully saturated rings. The molecule has 1 aliphatic rings. The number of hydrogen-bond acceptors (Lipinski definition) is 3. The zero-order chi connectivity index (χ0) is 11.1. The molecule has 1 saturated heterocycles. The van der Waals surface area contributed by atoms with Crippen LogP contribution in [0.1, 0.15) is 31.9 Å². The van der Waals surface area contributed by atoms with Gasteiger partial charge in [0.2, 0.25) is 0 Å². The van der Waals surface area contributed by atoms with Gasteiger partial charge in [0.25, 0.3) is 0 Å². The minimum Gasteiger partial charge on any atom is -0.387 e. The smallest absolute Gasteiger partial charge is 0.141 e. The highest BCUT2D eigenvalue weighted by molar-refractivity contribution is 5.17. The number of nitrogens with zero attached hydrogens (tertiary/aromatic N) is 1. The Morgan fingerprint density at radius 2 is 2.27 bits per heavy atom. The van der Waals surface area contributed by atoms with Crippen LogP contribution in [0.2, 0.25) is 0 Å². The molecule has 1 aliphatic heterocycles. The Balaban J connectivity index is 2.06. The highest BCUT2D eigenvalue weighted by Gasteiger charge is 2.39. The van der Waals surface area contributed by atoms with Gasteiger partial charge in [-0.1, -0.05) is 0 Å². The van der Waals surface area contributed by atoms with Crippen molar-refractivity contribution >= 4 is 0 Å². The molecule has 15 heavy (non-hydrogen) atoms. The molecule has 0 aromatic carbocycles. The lowest BCUT2D eigenvalue weighted by Crippen LogP contribution is -2.61. The van der Waals surface area contributed by atoms with E-state index < -0.39 is 11.9 Å². The summed E-state index contributed by atoms with van der Waals surface area (Å²) in [4.78, 5) is 3.72. The van der Waals surface area contributed by atoms with Crippen LogP contribution in [0.3, 0.4) is 0 Å². The van der Waals surface area contributed by atoms with E-state index in [0.29, 0.717) is 5.56 Å². The average Bonchev–Trinajstić information content (AvgIpc) is 2.13. The highest BCUT2D eigenvalue weighted by atomic mass is 19.1. The fourth-order valence-electron chi connectivity index (χ4n) is 2.04. The highest BCUT2D eigenvalue weighted by Crippen LogP contribution is 2.31. The third-order valence-corrected chi connectivity index (χ3v) is 2.76. The summed E-state index contributed by atoms with van der Waals surface area (Å²) >= 11 is 0. The molecule has 2 atom stereocenters. The summed E-state index contributed by atoms with van der Waals surface area (Å²) < 4.78 is 12.9. The molecule has 2 N–H and O–H groups in total. The van der Waals surface area contributed by atoms with Crippen LogP contribution in [0.4, 0.5) is 4.39 Å². The first-order chi connectivity index (χ1) is 6.98. The summed E-state index contributed by atoms with van der Waals surface area (Å²) in [5.41, 5.74) is 0.606. The summed E-state index contributed by atoms with van der Waals surface area (Å²) in [5.74, 6) is -0.412. The van der Waals surface area contributed by atoms with Crippen molar-refractivity contribution in [2.75, 3.05) is 0 Å². The Kier molecular flexibility index (Phi) is 2.48. The normalized spacial score (nSPS) is 25.7. The third kappa shape index (κ3) is 2.16. The van der Waals surface area contributed by atoms with Gasteiger partial charge in [-0.05, 0) is 26.3 Å². The fraction of sp³-hybridized carbons (Fsp3) is 0.545. The van der Waals surface area contributed by atoms with Gasteiger partial charge in [0.1, 0.15) is 5.82 Å². The molecule has 0 saturated carbocycles. The molecular weight excluding hydrogens is 195 g/mol. The second kappa shape index (κ2) is 3.54.